The number of hydrogen-bond acceptors (Lipinski definition) is 5. The number of hydrogen-bond donors (Lipinski definition) is 1. The van der Waals surface area contributed by atoms with Crippen LogP contribution in [0.4, 0.5) is 5.69 Å². The first-order chi connectivity index (χ1) is 15.9. The third-order valence-electron chi connectivity index (χ3n) is 5.38. The van der Waals surface area contributed by atoms with Crippen LogP contribution >= 0.6 is 11.8 Å². The molecule has 1 amide bonds. The Labute approximate surface area is 199 Å². The van der Waals surface area contributed by atoms with Gasteiger partial charge in [0.25, 0.3) is 0 Å². The third kappa shape index (κ3) is 5.65. The molecule has 1 saturated heterocycles. The quantitative estimate of drug-likeness (QED) is 0.502. The highest BCUT2D eigenvalue weighted by molar-refractivity contribution is 8.00. The van der Waals surface area contributed by atoms with E-state index in [4.69, 9.17) is 4.74 Å². The van der Waals surface area contributed by atoms with E-state index in [0.717, 1.165) is 10.5 Å². The lowest BCUT2D eigenvalue weighted by Gasteiger charge is -2.27. The van der Waals surface area contributed by atoms with Crippen molar-refractivity contribution in [1.29, 1.82) is 0 Å². The molecule has 1 N–H and O–H groups in total. The summed E-state index contributed by atoms with van der Waals surface area (Å²) < 4.78 is 33.1. The van der Waals surface area contributed by atoms with E-state index in [1.54, 1.807) is 25.1 Å². The molecule has 1 atom stereocenters. The number of ether oxygens (including phenoxy) is 1. The predicted molar refractivity (Wildman–Crippen MR) is 131 cm³/mol. The summed E-state index contributed by atoms with van der Waals surface area (Å²) in [6.07, 6.45) is 0. The fourth-order valence-electron chi connectivity index (χ4n) is 3.63. The van der Waals surface area contributed by atoms with Crippen LogP contribution in [0.15, 0.2) is 88.7 Å². The first-order valence-corrected chi connectivity index (χ1v) is 13.0. The number of carbonyl (C=O) groups is 1. The lowest BCUT2D eigenvalue weighted by Crippen LogP contribution is -2.40. The fourth-order valence-corrected chi connectivity index (χ4v) is 6.33. The molecule has 0 saturated carbocycles. The lowest BCUT2D eigenvalue weighted by atomic mass is 10.1. The van der Waals surface area contributed by atoms with Crippen molar-refractivity contribution >= 4 is 33.4 Å². The van der Waals surface area contributed by atoms with Gasteiger partial charge in [0.15, 0.2) is 0 Å². The first kappa shape index (κ1) is 23.5. The minimum absolute atomic E-state index is 0.203. The van der Waals surface area contributed by atoms with Crippen molar-refractivity contribution in [2.75, 3.05) is 31.6 Å². The second-order valence-electron chi connectivity index (χ2n) is 7.71. The van der Waals surface area contributed by atoms with Crippen LogP contribution in [0.2, 0.25) is 0 Å². The molecule has 0 spiro atoms. The van der Waals surface area contributed by atoms with Crippen LogP contribution in [0.5, 0.6) is 0 Å². The molecule has 1 heterocycles. The van der Waals surface area contributed by atoms with Crippen LogP contribution in [0, 0.1) is 6.92 Å². The summed E-state index contributed by atoms with van der Waals surface area (Å²) in [5.41, 5.74) is 1.96. The number of benzene rings is 3. The summed E-state index contributed by atoms with van der Waals surface area (Å²) in [7, 11) is -3.68. The van der Waals surface area contributed by atoms with Gasteiger partial charge in [-0.25, -0.2) is 8.42 Å². The van der Waals surface area contributed by atoms with Crippen molar-refractivity contribution < 1.29 is 17.9 Å². The number of anilines is 1. The van der Waals surface area contributed by atoms with Crippen LogP contribution < -0.4 is 5.32 Å². The summed E-state index contributed by atoms with van der Waals surface area (Å²) in [4.78, 5) is 14.5. The van der Waals surface area contributed by atoms with Crippen molar-refractivity contribution in [1.82, 2.24) is 4.31 Å². The van der Waals surface area contributed by atoms with Gasteiger partial charge in [0.05, 0.1) is 18.1 Å². The van der Waals surface area contributed by atoms with Crippen LogP contribution in [-0.4, -0.2) is 44.9 Å². The van der Waals surface area contributed by atoms with Gasteiger partial charge in [-0.05, 0) is 42.3 Å². The number of morpholine rings is 1. The number of amides is 1. The van der Waals surface area contributed by atoms with Crippen molar-refractivity contribution in [3.8, 4) is 0 Å². The standard InChI is InChI=1S/C25H26N2O4S2/c1-19-12-13-21(18-23(19)33(29,30)27-14-16-31-17-15-27)26-25(28)24(20-8-4-2-5-9-20)32-22-10-6-3-7-11-22/h2-13,18,24H,14-17H2,1H3,(H,26,28)/t24-/m0/s1. The summed E-state index contributed by atoms with van der Waals surface area (Å²) in [6.45, 7) is 3.16. The van der Waals surface area contributed by atoms with Gasteiger partial charge in [-0.15, -0.1) is 11.8 Å². The first-order valence-electron chi connectivity index (χ1n) is 10.7. The monoisotopic (exact) mass is 482 g/mol. The molecule has 3 aromatic rings. The van der Waals surface area contributed by atoms with Crippen LogP contribution in [-0.2, 0) is 19.6 Å². The van der Waals surface area contributed by atoms with Gasteiger partial charge < -0.3 is 10.1 Å². The number of thioether (sulfide) groups is 1. The maximum absolute atomic E-state index is 13.4. The molecule has 8 heteroatoms. The Hall–Kier alpha value is -2.65. The van der Waals surface area contributed by atoms with Gasteiger partial charge in [-0.1, -0.05) is 54.6 Å². The Morgan fingerprint density at radius 1 is 0.970 bits per heavy atom. The number of rotatable bonds is 7. The van der Waals surface area contributed by atoms with Crippen LogP contribution in [0.1, 0.15) is 16.4 Å². The van der Waals surface area contributed by atoms with Crippen LogP contribution in [0.25, 0.3) is 0 Å². The summed E-state index contributed by atoms with van der Waals surface area (Å²) in [5, 5.41) is 2.44. The molecule has 0 aliphatic carbocycles. The predicted octanol–water partition coefficient (Wildman–Crippen LogP) is 4.49. The molecule has 1 aliphatic rings. The zero-order chi connectivity index (χ0) is 23.3. The normalized spacial score (nSPS) is 15.7. The van der Waals surface area contributed by atoms with E-state index < -0.39 is 15.3 Å². The molecule has 3 aromatic carbocycles. The average Bonchev–Trinajstić information content (AvgIpc) is 2.85. The minimum Gasteiger partial charge on any atom is -0.379 e. The molecule has 0 bridgehead atoms. The Balaban J connectivity index is 1.60. The molecule has 0 unspecified atom stereocenters. The molecule has 0 aromatic heterocycles. The highest BCUT2D eigenvalue weighted by Crippen LogP contribution is 2.36. The maximum atomic E-state index is 13.4. The maximum Gasteiger partial charge on any atom is 0.243 e. The van der Waals surface area contributed by atoms with Gasteiger partial charge in [0.1, 0.15) is 5.25 Å². The Kier molecular flexibility index (Phi) is 7.49. The zero-order valence-corrected chi connectivity index (χ0v) is 19.9. The van der Waals surface area contributed by atoms with Crippen molar-refractivity contribution in [3.63, 3.8) is 0 Å². The Morgan fingerprint density at radius 2 is 1.61 bits per heavy atom. The Morgan fingerprint density at radius 3 is 2.27 bits per heavy atom. The van der Waals surface area contributed by atoms with E-state index in [1.165, 1.54) is 16.1 Å². The third-order valence-corrected chi connectivity index (χ3v) is 8.69. The summed E-state index contributed by atoms with van der Waals surface area (Å²) in [6, 6.07) is 24.3. The minimum atomic E-state index is -3.68. The van der Waals surface area contributed by atoms with Gasteiger partial charge in [0, 0.05) is 23.7 Å². The summed E-state index contributed by atoms with van der Waals surface area (Å²) in [5.74, 6) is -0.214. The van der Waals surface area contributed by atoms with Gasteiger partial charge >= 0.3 is 0 Å². The van der Waals surface area contributed by atoms with Crippen molar-refractivity contribution in [2.45, 2.75) is 22.0 Å². The van der Waals surface area contributed by atoms with Crippen molar-refractivity contribution in [3.05, 3.63) is 90.0 Å². The topological polar surface area (TPSA) is 75.7 Å². The molecular formula is C25H26N2O4S2. The largest absolute Gasteiger partial charge is 0.379 e. The molecule has 1 fully saturated rings. The van der Waals surface area contributed by atoms with Gasteiger partial charge in [-0.3, -0.25) is 4.79 Å². The van der Waals surface area contributed by atoms with E-state index in [0.29, 0.717) is 37.6 Å². The fraction of sp³-hybridized carbons (Fsp3) is 0.240. The summed E-state index contributed by atoms with van der Waals surface area (Å²) >= 11 is 1.45. The van der Waals surface area contributed by atoms with E-state index in [2.05, 4.69) is 5.32 Å². The second-order valence-corrected chi connectivity index (χ2v) is 10.8. The number of aryl methyl sites for hydroxylation is 1. The van der Waals surface area contributed by atoms with E-state index in [1.807, 2.05) is 60.7 Å². The molecule has 172 valence electrons. The van der Waals surface area contributed by atoms with E-state index >= 15 is 0 Å². The zero-order valence-electron chi connectivity index (χ0n) is 18.3. The lowest BCUT2D eigenvalue weighted by molar-refractivity contribution is -0.115. The molecule has 0 radical (unpaired) electrons. The number of nitrogens with zero attached hydrogens (tertiary/aromatic N) is 1. The SMILES string of the molecule is Cc1ccc(NC(=O)[C@@H](Sc2ccccc2)c2ccccc2)cc1S(=O)(=O)N1CCOCC1. The van der Waals surface area contributed by atoms with Gasteiger partial charge in [0.2, 0.25) is 15.9 Å². The smallest absolute Gasteiger partial charge is 0.243 e. The molecule has 6 nitrogen and oxygen atoms in total. The number of nitrogens with one attached hydrogen (secondary N) is 1. The number of sulfonamides is 1. The number of carbonyl (C=O) groups excluding carboxylic acids is 1. The molecule has 4 rings (SSSR count). The van der Waals surface area contributed by atoms with E-state index in [-0.39, 0.29) is 10.8 Å². The second kappa shape index (κ2) is 10.5. The highest BCUT2D eigenvalue weighted by Gasteiger charge is 2.28. The van der Waals surface area contributed by atoms with E-state index in [9.17, 15) is 13.2 Å². The molecule has 33 heavy (non-hydrogen) atoms. The average molecular weight is 483 g/mol. The molecule has 1 aliphatic heterocycles. The molecular weight excluding hydrogens is 456 g/mol. The highest BCUT2D eigenvalue weighted by atomic mass is 32.2. The van der Waals surface area contributed by atoms with Gasteiger partial charge in [-0.2, -0.15) is 4.31 Å². The Bertz CT molecular complexity index is 1200. The van der Waals surface area contributed by atoms with Crippen molar-refractivity contribution in [2.24, 2.45) is 0 Å². The van der Waals surface area contributed by atoms with Crippen LogP contribution in [0.3, 0.4) is 0 Å².